The number of nitrogens with zero attached hydrogens (tertiary/aromatic N) is 3. The molecular formula is C34H40FN5O5. The van der Waals surface area contributed by atoms with Crippen molar-refractivity contribution >= 4 is 35.1 Å². The number of benzene rings is 3. The minimum atomic E-state index is -0.635. The van der Waals surface area contributed by atoms with Crippen molar-refractivity contribution in [2.75, 3.05) is 19.4 Å². The topological polar surface area (TPSA) is 137 Å². The van der Waals surface area contributed by atoms with Gasteiger partial charge in [0.2, 0.25) is 12.4 Å². The van der Waals surface area contributed by atoms with Gasteiger partial charge in [-0.3, -0.25) is 14.4 Å². The Labute approximate surface area is 262 Å². The number of amides is 2. The average molecular weight is 618 g/mol. The summed E-state index contributed by atoms with van der Waals surface area (Å²) < 4.78 is 24.4. The average Bonchev–Trinajstić information content (AvgIpc) is 3.47. The molecule has 238 valence electrons. The smallest absolute Gasteiger partial charge is 0.325 e. The Balaban J connectivity index is 0.000000620. The number of nitrogens with two attached hydrogens (primary N) is 1. The van der Waals surface area contributed by atoms with Crippen molar-refractivity contribution in [2.45, 2.75) is 59.9 Å². The highest BCUT2D eigenvalue weighted by Gasteiger charge is 2.27. The molecule has 0 unspecified atom stereocenters. The summed E-state index contributed by atoms with van der Waals surface area (Å²) in [4.78, 5) is 46.0. The number of halogens is 1. The third-order valence-corrected chi connectivity index (χ3v) is 6.76. The minimum absolute atomic E-state index is 0.0254. The lowest BCUT2D eigenvalue weighted by Crippen LogP contribution is -2.27. The fourth-order valence-corrected chi connectivity index (χ4v) is 4.38. The second kappa shape index (κ2) is 15.7. The predicted octanol–water partition coefficient (Wildman–Crippen LogP) is 5.42. The van der Waals surface area contributed by atoms with Crippen molar-refractivity contribution in [1.29, 1.82) is 0 Å². The quantitative estimate of drug-likeness (QED) is 0.207. The zero-order chi connectivity index (χ0) is 33.1. The Morgan fingerprint density at radius 2 is 1.67 bits per heavy atom. The molecule has 0 saturated carbocycles. The lowest BCUT2D eigenvalue weighted by molar-refractivity contribution is -0.144. The van der Waals surface area contributed by atoms with Crippen molar-refractivity contribution in [3.05, 3.63) is 88.9 Å². The fourth-order valence-electron chi connectivity index (χ4n) is 4.38. The Morgan fingerprint density at radius 1 is 1.02 bits per heavy atom. The Kier molecular flexibility index (Phi) is 12.1. The van der Waals surface area contributed by atoms with Gasteiger partial charge in [0.15, 0.2) is 0 Å². The first-order chi connectivity index (χ1) is 21.5. The number of rotatable bonds is 7. The van der Waals surface area contributed by atoms with E-state index >= 15 is 0 Å². The molecule has 1 aliphatic rings. The van der Waals surface area contributed by atoms with E-state index < -0.39 is 11.8 Å². The van der Waals surface area contributed by atoms with Crippen molar-refractivity contribution in [1.82, 2.24) is 20.2 Å². The van der Waals surface area contributed by atoms with E-state index in [-0.39, 0.29) is 36.3 Å². The molecule has 0 bridgehead atoms. The number of nitrogen functional groups attached to an aromatic ring is 1. The van der Waals surface area contributed by atoms with E-state index in [2.05, 4.69) is 15.3 Å². The highest BCUT2D eigenvalue weighted by molar-refractivity contribution is 6.06. The number of nitrogens with one attached hydrogen (secondary N) is 1. The van der Waals surface area contributed by atoms with Crippen molar-refractivity contribution in [3.63, 3.8) is 0 Å². The van der Waals surface area contributed by atoms with Gasteiger partial charge >= 0.3 is 5.97 Å². The van der Waals surface area contributed by atoms with Gasteiger partial charge in [-0.25, -0.2) is 14.4 Å². The highest BCUT2D eigenvalue weighted by Crippen LogP contribution is 2.31. The molecule has 0 fully saturated rings. The van der Waals surface area contributed by atoms with Gasteiger partial charge in [0.1, 0.15) is 24.7 Å². The Hall–Kier alpha value is -4.90. The molecule has 1 aliphatic heterocycles. The van der Waals surface area contributed by atoms with Crippen LogP contribution < -0.4 is 11.1 Å². The van der Waals surface area contributed by atoms with Crippen LogP contribution in [0.25, 0.3) is 22.0 Å². The number of esters is 1. The van der Waals surface area contributed by atoms with Crippen molar-refractivity contribution in [3.8, 4) is 11.1 Å². The largest absolute Gasteiger partial charge is 0.459 e. The number of carbonyl (C=O) groups excluding carboxylic acids is 3. The molecule has 4 aromatic rings. The van der Waals surface area contributed by atoms with Gasteiger partial charge < -0.3 is 25.4 Å². The van der Waals surface area contributed by atoms with Crippen molar-refractivity contribution < 1.29 is 28.2 Å². The molecule has 45 heavy (non-hydrogen) atoms. The Morgan fingerprint density at radius 3 is 2.27 bits per heavy atom. The molecule has 0 radical (unpaired) electrons. The van der Waals surface area contributed by atoms with Crippen LogP contribution >= 0.6 is 0 Å². The predicted molar refractivity (Wildman–Crippen MR) is 171 cm³/mol. The van der Waals surface area contributed by atoms with Gasteiger partial charge in [-0.05, 0) is 72.9 Å². The molecule has 5 rings (SSSR count). The molecule has 1 aromatic heterocycles. The monoisotopic (exact) mass is 617 g/mol. The van der Waals surface area contributed by atoms with Gasteiger partial charge in [-0.2, -0.15) is 0 Å². The fraction of sp³-hybridized carbons (Fsp3) is 0.324. The SMILES string of the molecule is CC.COC(C)(C)C.Nc1nc(C(=O)N2Cc3ccccc3C2)c2cc(-c3cc(F)ccc3COC(=O)CNC=O)ccc2n1. The first kappa shape index (κ1) is 34.6. The maximum Gasteiger partial charge on any atom is 0.325 e. The summed E-state index contributed by atoms with van der Waals surface area (Å²) in [5.74, 6) is -1.43. The van der Waals surface area contributed by atoms with Gasteiger partial charge in [0.05, 0.1) is 11.1 Å². The third-order valence-electron chi connectivity index (χ3n) is 6.76. The zero-order valence-electron chi connectivity index (χ0n) is 26.5. The van der Waals surface area contributed by atoms with Crippen LogP contribution in [0, 0.1) is 5.82 Å². The standard InChI is InChI=1S/C27H22FN5O4.C5H12O.C2H6/c28-20-7-5-19(14-37-24(35)11-30-15-34)21(10-20)16-6-8-23-22(9-16)25(32-27(29)31-23)26(36)33-12-17-3-1-2-4-18(17)13-33;1-5(2,3)6-4;1-2/h1-10,15H,11-14H2,(H,30,34)(H2,29,31,32);1-4H3;1-2H3. The second-order valence-electron chi connectivity index (χ2n) is 10.9. The van der Waals surface area contributed by atoms with Gasteiger partial charge in [0, 0.05) is 25.6 Å². The summed E-state index contributed by atoms with van der Waals surface area (Å²) >= 11 is 0. The van der Waals surface area contributed by atoms with Gasteiger partial charge in [0.25, 0.3) is 5.91 Å². The summed E-state index contributed by atoms with van der Waals surface area (Å²) in [6.07, 6.45) is 0.397. The number of anilines is 1. The van der Waals surface area contributed by atoms with E-state index in [9.17, 15) is 18.8 Å². The molecule has 2 amide bonds. The van der Waals surface area contributed by atoms with E-state index in [4.69, 9.17) is 15.2 Å². The van der Waals surface area contributed by atoms with E-state index in [0.717, 1.165) is 11.1 Å². The van der Waals surface area contributed by atoms with Crippen LogP contribution in [0.15, 0.2) is 60.7 Å². The summed E-state index contributed by atoms with van der Waals surface area (Å²) in [6.45, 7) is 10.6. The maximum absolute atomic E-state index is 14.2. The van der Waals surface area contributed by atoms with E-state index in [1.54, 1.807) is 30.2 Å². The molecule has 3 N–H and O–H groups in total. The van der Waals surface area contributed by atoms with Crippen LogP contribution in [0.1, 0.15) is 61.8 Å². The molecule has 2 heterocycles. The van der Waals surface area contributed by atoms with Crippen LogP contribution in [0.5, 0.6) is 0 Å². The number of carbonyl (C=O) groups is 3. The maximum atomic E-state index is 14.2. The van der Waals surface area contributed by atoms with Crippen LogP contribution in [-0.2, 0) is 38.8 Å². The molecule has 0 aliphatic carbocycles. The van der Waals surface area contributed by atoms with E-state index in [0.29, 0.717) is 47.1 Å². The summed E-state index contributed by atoms with van der Waals surface area (Å²) in [5, 5.41) is 2.70. The van der Waals surface area contributed by atoms with Crippen LogP contribution in [0.3, 0.4) is 0 Å². The molecular weight excluding hydrogens is 577 g/mol. The first-order valence-corrected chi connectivity index (χ1v) is 14.6. The number of ether oxygens (including phenoxy) is 2. The molecule has 0 atom stereocenters. The zero-order valence-corrected chi connectivity index (χ0v) is 26.5. The number of hydrogen-bond donors (Lipinski definition) is 2. The second-order valence-corrected chi connectivity index (χ2v) is 10.9. The molecule has 3 aromatic carbocycles. The first-order valence-electron chi connectivity index (χ1n) is 14.6. The third kappa shape index (κ3) is 9.29. The number of methoxy groups -OCH3 is 1. The number of hydrogen-bond acceptors (Lipinski definition) is 8. The molecule has 11 heteroatoms. The lowest BCUT2D eigenvalue weighted by atomic mass is 9.97. The lowest BCUT2D eigenvalue weighted by Gasteiger charge is -2.17. The van der Waals surface area contributed by atoms with E-state index in [1.165, 1.54) is 18.2 Å². The summed E-state index contributed by atoms with van der Waals surface area (Å²) in [7, 11) is 1.71. The van der Waals surface area contributed by atoms with Crippen LogP contribution in [-0.4, -0.2) is 52.4 Å². The Bertz CT molecular complexity index is 1630. The van der Waals surface area contributed by atoms with Crippen molar-refractivity contribution in [2.24, 2.45) is 0 Å². The van der Waals surface area contributed by atoms with Gasteiger partial charge in [-0.1, -0.05) is 50.2 Å². The normalized spacial score (nSPS) is 11.8. The minimum Gasteiger partial charge on any atom is -0.459 e. The van der Waals surface area contributed by atoms with E-state index in [1.807, 2.05) is 58.9 Å². The summed E-state index contributed by atoms with van der Waals surface area (Å²) in [6, 6.07) is 17.1. The molecule has 10 nitrogen and oxygen atoms in total. The highest BCUT2D eigenvalue weighted by atomic mass is 19.1. The summed E-state index contributed by atoms with van der Waals surface area (Å²) in [5.41, 5.74) is 10.3. The van der Waals surface area contributed by atoms with Crippen LogP contribution in [0.2, 0.25) is 0 Å². The molecule has 0 saturated heterocycles. The molecule has 0 spiro atoms. The number of aromatic nitrogens is 2. The van der Waals surface area contributed by atoms with Crippen LogP contribution in [0.4, 0.5) is 10.3 Å². The van der Waals surface area contributed by atoms with Gasteiger partial charge in [-0.15, -0.1) is 0 Å². The number of fused-ring (bicyclic) bond motifs is 2.